The van der Waals surface area contributed by atoms with Crippen molar-refractivity contribution < 1.29 is 16.8 Å². The standard InChI is InChI=1S/C20H22N4O4S2/c1-13-5-6-14(2)19(11-13)30(27,28)23-17-7-9-18(10-8-17)29(25,26)24-20-12-15(3)21-16(4)22-20/h5-12,23H,1-4H3,(H,21,22,24). The largest absolute Gasteiger partial charge is 0.280 e. The van der Waals surface area contributed by atoms with E-state index in [0.717, 1.165) is 5.56 Å². The van der Waals surface area contributed by atoms with Crippen LogP contribution in [0.15, 0.2) is 58.3 Å². The Morgan fingerprint density at radius 2 is 1.40 bits per heavy atom. The fraction of sp³-hybridized carbons (Fsp3) is 0.200. The van der Waals surface area contributed by atoms with Gasteiger partial charge in [0.25, 0.3) is 20.0 Å². The first-order valence-corrected chi connectivity index (χ1v) is 12.0. The van der Waals surface area contributed by atoms with Crippen LogP contribution in [0.1, 0.15) is 22.6 Å². The molecular weight excluding hydrogens is 424 g/mol. The molecule has 0 atom stereocenters. The molecule has 0 aliphatic rings. The smallest absolute Gasteiger partial charge is 0.263 e. The fourth-order valence-corrected chi connectivity index (χ4v) is 5.26. The van der Waals surface area contributed by atoms with E-state index in [4.69, 9.17) is 0 Å². The number of benzene rings is 2. The third-order valence-electron chi connectivity index (χ3n) is 4.25. The zero-order valence-electron chi connectivity index (χ0n) is 17.0. The molecular formula is C20H22N4O4S2. The molecule has 2 aromatic carbocycles. The van der Waals surface area contributed by atoms with Crippen molar-refractivity contribution in [2.75, 3.05) is 9.44 Å². The van der Waals surface area contributed by atoms with Crippen molar-refractivity contribution in [3.05, 3.63) is 71.2 Å². The van der Waals surface area contributed by atoms with Gasteiger partial charge in [0.1, 0.15) is 11.6 Å². The number of sulfonamides is 2. The fourth-order valence-electron chi connectivity index (χ4n) is 2.87. The van der Waals surface area contributed by atoms with Crippen molar-refractivity contribution in [3.8, 4) is 0 Å². The Labute approximate surface area is 176 Å². The van der Waals surface area contributed by atoms with Crippen molar-refractivity contribution in [3.63, 3.8) is 0 Å². The van der Waals surface area contributed by atoms with Crippen molar-refractivity contribution in [1.29, 1.82) is 0 Å². The highest BCUT2D eigenvalue weighted by Gasteiger charge is 2.19. The van der Waals surface area contributed by atoms with Crippen LogP contribution < -0.4 is 9.44 Å². The third-order valence-corrected chi connectivity index (χ3v) is 7.15. The molecule has 1 heterocycles. The van der Waals surface area contributed by atoms with Crippen LogP contribution in [-0.4, -0.2) is 26.8 Å². The number of nitrogens with zero attached hydrogens (tertiary/aromatic N) is 2. The van der Waals surface area contributed by atoms with Crippen LogP contribution >= 0.6 is 0 Å². The Hall–Kier alpha value is -2.98. The van der Waals surface area contributed by atoms with E-state index in [0.29, 0.717) is 17.1 Å². The minimum absolute atomic E-state index is 0.0221. The molecule has 8 nitrogen and oxygen atoms in total. The molecule has 3 aromatic rings. The lowest BCUT2D eigenvalue weighted by Crippen LogP contribution is -2.16. The van der Waals surface area contributed by atoms with E-state index in [-0.39, 0.29) is 21.3 Å². The normalized spacial score (nSPS) is 11.9. The third kappa shape index (κ3) is 4.95. The van der Waals surface area contributed by atoms with E-state index in [1.54, 1.807) is 32.9 Å². The summed E-state index contributed by atoms with van der Waals surface area (Å²) in [7, 11) is -7.69. The van der Waals surface area contributed by atoms with E-state index in [1.807, 2.05) is 13.0 Å². The summed E-state index contributed by atoms with van der Waals surface area (Å²) in [6.07, 6.45) is 0. The first kappa shape index (κ1) is 21.7. The van der Waals surface area contributed by atoms with Gasteiger partial charge >= 0.3 is 0 Å². The summed E-state index contributed by atoms with van der Waals surface area (Å²) in [4.78, 5) is 8.33. The van der Waals surface area contributed by atoms with Crippen molar-refractivity contribution in [2.24, 2.45) is 0 Å². The van der Waals surface area contributed by atoms with Gasteiger partial charge in [-0.1, -0.05) is 12.1 Å². The number of hydrogen-bond acceptors (Lipinski definition) is 6. The molecule has 1 aromatic heterocycles. The molecule has 0 saturated carbocycles. The van der Waals surface area contributed by atoms with Crippen molar-refractivity contribution in [1.82, 2.24) is 9.97 Å². The molecule has 0 unspecified atom stereocenters. The molecule has 0 amide bonds. The summed E-state index contributed by atoms with van der Waals surface area (Å²) in [5.74, 6) is 0.614. The second kappa shape index (κ2) is 8.04. The number of aryl methyl sites for hydroxylation is 4. The maximum atomic E-state index is 12.7. The van der Waals surface area contributed by atoms with Gasteiger partial charge in [-0.05, 0) is 69.2 Å². The van der Waals surface area contributed by atoms with Gasteiger partial charge in [0, 0.05) is 17.4 Å². The molecule has 158 valence electrons. The molecule has 0 spiro atoms. The summed E-state index contributed by atoms with van der Waals surface area (Å²) in [5, 5.41) is 0. The minimum atomic E-state index is -3.89. The summed E-state index contributed by atoms with van der Waals surface area (Å²) >= 11 is 0. The highest BCUT2D eigenvalue weighted by atomic mass is 32.2. The molecule has 0 radical (unpaired) electrons. The first-order chi connectivity index (χ1) is 14.0. The van der Waals surface area contributed by atoms with E-state index in [2.05, 4.69) is 19.4 Å². The number of anilines is 2. The average molecular weight is 447 g/mol. The van der Waals surface area contributed by atoms with Gasteiger partial charge in [-0.2, -0.15) is 0 Å². The Morgan fingerprint density at radius 1 is 0.733 bits per heavy atom. The van der Waals surface area contributed by atoms with E-state index in [1.165, 1.54) is 30.3 Å². The summed E-state index contributed by atoms with van der Waals surface area (Å²) in [6, 6.07) is 12.1. The van der Waals surface area contributed by atoms with Crippen LogP contribution in [0, 0.1) is 27.7 Å². The van der Waals surface area contributed by atoms with Gasteiger partial charge in [0.05, 0.1) is 9.79 Å². The van der Waals surface area contributed by atoms with E-state index < -0.39 is 20.0 Å². The zero-order valence-corrected chi connectivity index (χ0v) is 18.6. The van der Waals surface area contributed by atoms with Crippen LogP contribution in [0.3, 0.4) is 0 Å². The summed E-state index contributed by atoms with van der Waals surface area (Å²) in [6.45, 7) is 6.93. The second-order valence-electron chi connectivity index (χ2n) is 6.95. The average Bonchev–Trinajstić information content (AvgIpc) is 2.62. The molecule has 0 aliphatic heterocycles. The molecule has 10 heteroatoms. The number of rotatable bonds is 6. The van der Waals surface area contributed by atoms with Crippen LogP contribution in [-0.2, 0) is 20.0 Å². The topological polar surface area (TPSA) is 118 Å². The lowest BCUT2D eigenvalue weighted by molar-refractivity contribution is 0.599. The van der Waals surface area contributed by atoms with Crippen LogP contribution in [0.2, 0.25) is 0 Å². The molecule has 0 aliphatic carbocycles. The highest BCUT2D eigenvalue weighted by Crippen LogP contribution is 2.22. The van der Waals surface area contributed by atoms with Crippen LogP contribution in [0.4, 0.5) is 11.5 Å². The van der Waals surface area contributed by atoms with Crippen molar-refractivity contribution in [2.45, 2.75) is 37.5 Å². The number of nitrogens with one attached hydrogen (secondary N) is 2. The van der Waals surface area contributed by atoms with E-state index >= 15 is 0 Å². The second-order valence-corrected chi connectivity index (χ2v) is 10.3. The Morgan fingerprint density at radius 3 is 2.03 bits per heavy atom. The SMILES string of the molecule is Cc1ccc(C)c(S(=O)(=O)Nc2ccc(S(=O)(=O)Nc3cc(C)nc(C)n3)cc2)c1. The maximum absolute atomic E-state index is 12.7. The van der Waals surface area contributed by atoms with Gasteiger partial charge in [-0.15, -0.1) is 0 Å². The van der Waals surface area contributed by atoms with Crippen LogP contribution in [0.25, 0.3) is 0 Å². The lowest BCUT2D eigenvalue weighted by atomic mass is 10.2. The van der Waals surface area contributed by atoms with E-state index in [9.17, 15) is 16.8 Å². The minimum Gasteiger partial charge on any atom is -0.280 e. The number of hydrogen-bond donors (Lipinski definition) is 2. The number of aromatic nitrogens is 2. The Balaban J connectivity index is 1.82. The van der Waals surface area contributed by atoms with Gasteiger partial charge < -0.3 is 0 Å². The van der Waals surface area contributed by atoms with Gasteiger partial charge in [-0.3, -0.25) is 9.44 Å². The molecule has 0 bridgehead atoms. The highest BCUT2D eigenvalue weighted by molar-refractivity contribution is 7.93. The quantitative estimate of drug-likeness (QED) is 0.600. The van der Waals surface area contributed by atoms with Gasteiger partial charge in [-0.25, -0.2) is 26.8 Å². The Kier molecular flexibility index (Phi) is 5.82. The summed E-state index contributed by atoms with van der Waals surface area (Å²) < 4.78 is 55.5. The molecule has 0 fully saturated rings. The monoisotopic (exact) mass is 446 g/mol. The maximum Gasteiger partial charge on any atom is 0.263 e. The lowest BCUT2D eigenvalue weighted by Gasteiger charge is -2.12. The molecule has 30 heavy (non-hydrogen) atoms. The molecule has 0 saturated heterocycles. The zero-order chi connectivity index (χ0) is 22.1. The predicted molar refractivity (Wildman–Crippen MR) is 115 cm³/mol. The Bertz CT molecular complexity index is 1280. The van der Waals surface area contributed by atoms with Crippen LogP contribution in [0.5, 0.6) is 0 Å². The van der Waals surface area contributed by atoms with Gasteiger partial charge in [0.2, 0.25) is 0 Å². The van der Waals surface area contributed by atoms with Crippen molar-refractivity contribution >= 4 is 31.6 Å². The molecule has 3 rings (SSSR count). The molecule has 2 N–H and O–H groups in total. The van der Waals surface area contributed by atoms with Gasteiger partial charge in [0.15, 0.2) is 0 Å². The predicted octanol–water partition coefficient (Wildman–Crippen LogP) is 3.31. The first-order valence-electron chi connectivity index (χ1n) is 9.01. The summed E-state index contributed by atoms with van der Waals surface area (Å²) in [5.41, 5.74) is 2.33.